The Morgan fingerprint density at radius 3 is 2.93 bits per heavy atom. The van der Waals surface area contributed by atoms with Crippen LogP contribution in [0, 0.1) is 12.8 Å². The number of nitrogens with one attached hydrogen (secondary N) is 2. The molecule has 1 aliphatic rings. The summed E-state index contributed by atoms with van der Waals surface area (Å²) in [7, 11) is 0. The molecule has 0 bridgehead atoms. The van der Waals surface area contributed by atoms with Crippen molar-refractivity contribution >= 4 is 11.7 Å². The van der Waals surface area contributed by atoms with Crippen molar-refractivity contribution in [2.45, 2.75) is 6.92 Å². The van der Waals surface area contributed by atoms with E-state index in [-0.39, 0.29) is 11.8 Å². The Labute approximate surface area is 82.7 Å². The zero-order valence-electron chi connectivity index (χ0n) is 8.08. The first-order valence-corrected chi connectivity index (χ1v) is 4.71. The smallest absolute Gasteiger partial charge is 0.231 e. The molecule has 0 aromatic carbocycles. The zero-order valence-corrected chi connectivity index (χ0v) is 8.08. The minimum atomic E-state index is 0.0573. The van der Waals surface area contributed by atoms with E-state index in [2.05, 4.69) is 15.6 Å². The fraction of sp³-hybridized carbons (Fsp3) is 0.400. The molecule has 4 heteroatoms. The van der Waals surface area contributed by atoms with E-state index in [4.69, 9.17) is 0 Å². The highest BCUT2D eigenvalue weighted by atomic mass is 16.2. The molecule has 0 radical (unpaired) electrons. The van der Waals surface area contributed by atoms with E-state index in [1.165, 1.54) is 0 Å². The highest BCUT2D eigenvalue weighted by Gasteiger charge is 2.24. The first-order chi connectivity index (χ1) is 6.75. The number of aryl methyl sites for hydroxylation is 1. The standard InChI is InChI=1S/C10H13N3O/c1-7-3-2-4-9(12-7)13-10(14)8-5-11-6-8/h2-4,8,11H,5-6H2,1H3,(H,12,13,14). The Morgan fingerprint density at radius 1 is 1.57 bits per heavy atom. The van der Waals surface area contributed by atoms with Crippen LogP contribution in [0.4, 0.5) is 5.82 Å². The average Bonchev–Trinajstić information content (AvgIpc) is 1.99. The molecule has 2 rings (SSSR count). The summed E-state index contributed by atoms with van der Waals surface area (Å²) in [5.41, 5.74) is 0.912. The quantitative estimate of drug-likeness (QED) is 0.717. The number of rotatable bonds is 2. The Balaban J connectivity index is 1.99. The van der Waals surface area contributed by atoms with Crippen molar-refractivity contribution in [2.75, 3.05) is 18.4 Å². The third kappa shape index (κ3) is 1.90. The molecule has 0 saturated carbocycles. The molecule has 1 aliphatic heterocycles. The summed E-state index contributed by atoms with van der Waals surface area (Å²) < 4.78 is 0. The van der Waals surface area contributed by atoms with Gasteiger partial charge in [0, 0.05) is 18.8 Å². The number of hydrogen-bond acceptors (Lipinski definition) is 3. The number of aromatic nitrogens is 1. The van der Waals surface area contributed by atoms with Gasteiger partial charge in [0.25, 0.3) is 0 Å². The molecule has 74 valence electrons. The number of hydrogen-bond donors (Lipinski definition) is 2. The predicted octanol–water partition coefficient (Wildman–Crippen LogP) is 0.548. The lowest BCUT2D eigenvalue weighted by atomic mass is 10.0. The van der Waals surface area contributed by atoms with Crippen molar-refractivity contribution in [3.05, 3.63) is 23.9 Å². The molecule has 1 aromatic rings. The van der Waals surface area contributed by atoms with Gasteiger partial charge in [-0.3, -0.25) is 4.79 Å². The van der Waals surface area contributed by atoms with Crippen LogP contribution in [0.15, 0.2) is 18.2 Å². The topological polar surface area (TPSA) is 54.0 Å². The summed E-state index contributed by atoms with van der Waals surface area (Å²) in [5.74, 6) is 0.807. The summed E-state index contributed by atoms with van der Waals surface area (Å²) in [5, 5.41) is 5.85. The van der Waals surface area contributed by atoms with Crippen LogP contribution in [0.2, 0.25) is 0 Å². The number of pyridine rings is 1. The molecule has 2 heterocycles. The second-order valence-corrected chi connectivity index (χ2v) is 3.51. The first-order valence-electron chi connectivity index (χ1n) is 4.71. The first kappa shape index (κ1) is 9.15. The maximum absolute atomic E-state index is 11.5. The average molecular weight is 191 g/mol. The lowest BCUT2D eigenvalue weighted by Gasteiger charge is -2.25. The maximum atomic E-state index is 11.5. The highest BCUT2D eigenvalue weighted by molar-refractivity contribution is 5.92. The second kappa shape index (κ2) is 3.75. The Hall–Kier alpha value is -1.42. The SMILES string of the molecule is Cc1cccc(NC(=O)C2CNC2)n1. The van der Waals surface area contributed by atoms with E-state index in [0.717, 1.165) is 18.8 Å². The van der Waals surface area contributed by atoms with Gasteiger partial charge in [-0.05, 0) is 19.1 Å². The summed E-state index contributed by atoms with van der Waals surface area (Å²) in [6.07, 6.45) is 0. The van der Waals surface area contributed by atoms with Crippen molar-refractivity contribution in [2.24, 2.45) is 5.92 Å². The van der Waals surface area contributed by atoms with E-state index < -0.39 is 0 Å². The van der Waals surface area contributed by atoms with Crippen molar-refractivity contribution in [1.29, 1.82) is 0 Å². The van der Waals surface area contributed by atoms with Crippen LogP contribution in [0.1, 0.15) is 5.69 Å². The van der Waals surface area contributed by atoms with E-state index in [1.54, 1.807) is 6.07 Å². The molecular formula is C10H13N3O. The normalized spacial score (nSPS) is 16.1. The lowest BCUT2D eigenvalue weighted by Crippen LogP contribution is -2.48. The Morgan fingerprint density at radius 2 is 2.36 bits per heavy atom. The fourth-order valence-electron chi connectivity index (χ4n) is 1.32. The largest absolute Gasteiger partial charge is 0.315 e. The molecule has 1 amide bonds. The van der Waals surface area contributed by atoms with Gasteiger partial charge in [0.15, 0.2) is 0 Å². The monoisotopic (exact) mass is 191 g/mol. The van der Waals surface area contributed by atoms with Crippen LogP contribution in [0.25, 0.3) is 0 Å². The summed E-state index contributed by atoms with van der Waals surface area (Å²) in [4.78, 5) is 15.7. The van der Waals surface area contributed by atoms with Gasteiger partial charge in [-0.15, -0.1) is 0 Å². The van der Waals surface area contributed by atoms with Gasteiger partial charge in [-0.2, -0.15) is 0 Å². The summed E-state index contributed by atoms with van der Waals surface area (Å²) in [6.45, 7) is 3.45. The molecular weight excluding hydrogens is 178 g/mol. The summed E-state index contributed by atoms with van der Waals surface area (Å²) in [6, 6.07) is 5.59. The highest BCUT2D eigenvalue weighted by Crippen LogP contribution is 2.08. The van der Waals surface area contributed by atoms with Crippen LogP contribution in [-0.4, -0.2) is 24.0 Å². The van der Waals surface area contributed by atoms with Crippen LogP contribution >= 0.6 is 0 Å². The Bertz CT molecular complexity index is 347. The van der Waals surface area contributed by atoms with Crippen LogP contribution in [-0.2, 0) is 4.79 Å². The number of nitrogens with zero attached hydrogens (tertiary/aromatic N) is 1. The Kier molecular flexibility index (Phi) is 2.45. The molecule has 0 spiro atoms. The van der Waals surface area contributed by atoms with Crippen LogP contribution < -0.4 is 10.6 Å². The zero-order chi connectivity index (χ0) is 9.97. The number of carbonyl (C=O) groups is 1. The van der Waals surface area contributed by atoms with Gasteiger partial charge in [-0.1, -0.05) is 6.07 Å². The molecule has 0 aliphatic carbocycles. The van der Waals surface area contributed by atoms with Gasteiger partial charge >= 0.3 is 0 Å². The maximum Gasteiger partial charge on any atom is 0.231 e. The van der Waals surface area contributed by atoms with Gasteiger partial charge in [-0.25, -0.2) is 4.98 Å². The van der Waals surface area contributed by atoms with Crippen LogP contribution in [0.5, 0.6) is 0 Å². The molecule has 1 aromatic heterocycles. The molecule has 1 saturated heterocycles. The van der Waals surface area contributed by atoms with Gasteiger partial charge in [0.05, 0.1) is 5.92 Å². The predicted molar refractivity (Wildman–Crippen MR) is 54.0 cm³/mol. The second-order valence-electron chi connectivity index (χ2n) is 3.51. The number of anilines is 1. The van der Waals surface area contributed by atoms with Crippen molar-refractivity contribution in [3.63, 3.8) is 0 Å². The molecule has 1 fully saturated rings. The van der Waals surface area contributed by atoms with E-state index in [1.807, 2.05) is 19.1 Å². The van der Waals surface area contributed by atoms with Crippen molar-refractivity contribution < 1.29 is 4.79 Å². The fourth-order valence-corrected chi connectivity index (χ4v) is 1.32. The van der Waals surface area contributed by atoms with E-state index in [0.29, 0.717) is 5.82 Å². The minimum absolute atomic E-state index is 0.0573. The van der Waals surface area contributed by atoms with Gasteiger partial charge in [0.2, 0.25) is 5.91 Å². The molecule has 2 N–H and O–H groups in total. The minimum Gasteiger partial charge on any atom is -0.315 e. The van der Waals surface area contributed by atoms with E-state index >= 15 is 0 Å². The molecule has 14 heavy (non-hydrogen) atoms. The number of amides is 1. The van der Waals surface area contributed by atoms with E-state index in [9.17, 15) is 4.79 Å². The van der Waals surface area contributed by atoms with Gasteiger partial charge in [0.1, 0.15) is 5.82 Å². The molecule has 0 atom stereocenters. The third-order valence-corrected chi connectivity index (χ3v) is 2.29. The molecule has 0 unspecified atom stereocenters. The third-order valence-electron chi connectivity index (χ3n) is 2.29. The lowest BCUT2D eigenvalue weighted by molar-refractivity contribution is -0.121. The van der Waals surface area contributed by atoms with Gasteiger partial charge < -0.3 is 10.6 Å². The van der Waals surface area contributed by atoms with Crippen molar-refractivity contribution in [1.82, 2.24) is 10.3 Å². The number of carbonyl (C=O) groups excluding carboxylic acids is 1. The summed E-state index contributed by atoms with van der Waals surface area (Å²) >= 11 is 0. The van der Waals surface area contributed by atoms with Crippen LogP contribution in [0.3, 0.4) is 0 Å². The molecule has 4 nitrogen and oxygen atoms in total. The van der Waals surface area contributed by atoms with Crippen molar-refractivity contribution in [3.8, 4) is 0 Å².